The van der Waals surface area contributed by atoms with Crippen LogP contribution in [-0.2, 0) is 6.42 Å². The lowest BCUT2D eigenvalue weighted by Gasteiger charge is -2.06. The van der Waals surface area contributed by atoms with Crippen LogP contribution in [0.5, 0.6) is 0 Å². The first kappa shape index (κ1) is 15.8. The van der Waals surface area contributed by atoms with Crippen LogP contribution in [0.4, 0.5) is 0 Å². The van der Waals surface area contributed by atoms with E-state index in [0.29, 0.717) is 17.8 Å². The first-order valence-electron chi connectivity index (χ1n) is 8.64. The molecule has 3 heterocycles. The van der Waals surface area contributed by atoms with Crippen LogP contribution in [0.1, 0.15) is 30.8 Å². The van der Waals surface area contributed by atoms with Gasteiger partial charge < -0.3 is 14.8 Å². The summed E-state index contributed by atoms with van der Waals surface area (Å²) in [6.45, 7) is 2.98. The Morgan fingerprint density at radius 2 is 2.32 bits per heavy atom. The van der Waals surface area contributed by atoms with Crippen LogP contribution in [0.15, 0.2) is 39.8 Å². The number of aryl methyl sites for hydroxylation is 2. The summed E-state index contributed by atoms with van der Waals surface area (Å²) in [6, 6.07) is 8.15. The number of aromatic amines is 1. The maximum absolute atomic E-state index is 12.0. The maximum atomic E-state index is 12.0. The molecule has 1 aliphatic rings. The van der Waals surface area contributed by atoms with Crippen molar-refractivity contribution in [1.29, 1.82) is 0 Å². The first-order chi connectivity index (χ1) is 12.2. The van der Waals surface area contributed by atoms with Crippen LogP contribution in [0, 0.1) is 6.92 Å². The summed E-state index contributed by atoms with van der Waals surface area (Å²) >= 11 is 0. The van der Waals surface area contributed by atoms with E-state index in [4.69, 9.17) is 4.52 Å². The third-order valence-electron chi connectivity index (χ3n) is 4.66. The maximum Gasteiger partial charge on any atom is 0.330 e. The van der Waals surface area contributed by atoms with Crippen LogP contribution in [0.3, 0.4) is 0 Å². The molecule has 2 aromatic heterocycles. The van der Waals surface area contributed by atoms with Crippen molar-refractivity contribution in [2.45, 2.75) is 38.6 Å². The molecule has 4 rings (SSSR count). The average Bonchev–Trinajstić information content (AvgIpc) is 3.35. The van der Waals surface area contributed by atoms with Gasteiger partial charge in [0, 0.05) is 29.9 Å². The van der Waals surface area contributed by atoms with E-state index in [1.54, 1.807) is 10.8 Å². The number of hydrogen-bond donors (Lipinski definition) is 2. The van der Waals surface area contributed by atoms with E-state index in [-0.39, 0.29) is 5.69 Å². The molecule has 0 bridgehead atoms. The van der Waals surface area contributed by atoms with Crippen LogP contribution < -0.4 is 11.0 Å². The largest absolute Gasteiger partial charge is 0.339 e. The number of hydrogen-bond acceptors (Lipinski definition) is 5. The monoisotopic (exact) mass is 339 g/mol. The lowest BCUT2D eigenvalue weighted by atomic mass is 10.1. The summed E-state index contributed by atoms with van der Waals surface area (Å²) < 4.78 is 7.01. The summed E-state index contributed by atoms with van der Waals surface area (Å²) in [5.74, 6) is 1.21. The molecule has 1 aliphatic heterocycles. The van der Waals surface area contributed by atoms with Crippen molar-refractivity contribution in [3.8, 4) is 17.1 Å². The Morgan fingerprint density at radius 1 is 1.40 bits per heavy atom. The molecule has 0 saturated carbocycles. The summed E-state index contributed by atoms with van der Waals surface area (Å²) in [5, 5.41) is 7.57. The molecule has 1 atom stereocenters. The highest BCUT2D eigenvalue weighted by Gasteiger charge is 2.16. The van der Waals surface area contributed by atoms with Gasteiger partial charge in [-0.3, -0.25) is 4.57 Å². The van der Waals surface area contributed by atoms with E-state index < -0.39 is 0 Å². The van der Waals surface area contributed by atoms with Gasteiger partial charge in [-0.15, -0.1) is 0 Å². The molecule has 25 heavy (non-hydrogen) atoms. The Morgan fingerprint density at radius 3 is 3.08 bits per heavy atom. The highest BCUT2D eigenvalue weighted by molar-refractivity contribution is 5.58. The highest BCUT2D eigenvalue weighted by atomic mass is 16.5. The van der Waals surface area contributed by atoms with Gasteiger partial charge in [0.15, 0.2) is 0 Å². The number of imidazole rings is 1. The van der Waals surface area contributed by atoms with Crippen molar-refractivity contribution in [1.82, 2.24) is 25.0 Å². The zero-order chi connectivity index (χ0) is 17.2. The number of aromatic nitrogens is 4. The fourth-order valence-electron chi connectivity index (χ4n) is 3.33. The van der Waals surface area contributed by atoms with Crippen LogP contribution in [0.25, 0.3) is 17.1 Å². The molecule has 0 amide bonds. The van der Waals surface area contributed by atoms with Crippen molar-refractivity contribution in [2.24, 2.45) is 0 Å². The predicted molar refractivity (Wildman–Crippen MR) is 93.8 cm³/mol. The standard InChI is InChI=1S/C18H21N5O2/c1-12-11-20-18(24)23(12)15-6-2-4-13(10-15)17-21-16(25-22-17)8-7-14-5-3-9-19-14/h2,4,6,10-11,14,19H,3,5,7-9H2,1H3,(H,20,24). The molecule has 1 fully saturated rings. The minimum atomic E-state index is -0.160. The van der Waals surface area contributed by atoms with E-state index in [0.717, 1.165) is 36.3 Å². The van der Waals surface area contributed by atoms with E-state index in [1.807, 2.05) is 31.2 Å². The van der Waals surface area contributed by atoms with Crippen molar-refractivity contribution in [2.75, 3.05) is 6.54 Å². The van der Waals surface area contributed by atoms with Crippen molar-refractivity contribution in [3.63, 3.8) is 0 Å². The predicted octanol–water partition coefficient (Wildman–Crippen LogP) is 2.21. The van der Waals surface area contributed by atoms with Gasteiger partial charge in [-0.05, 0) is 44.9 Å². The normalized spacial score (nSPS) is 17.2. The lowest BCUT2D eigenvalue weighted by Crippen LogP contribution is -2.21. The fourth-order valence-corrected chi connectivity index (χ4v) is 3.33. The van der Waals surface area contributed by atoms with Crippen LogP contribution in [0.2, 0.25) is 0 Å². The van der Waals surface area contributed by atoms with Gasteiger partial charge in [-0.25, -0.2) is 4.79 Å². The van der Waals surface area contributed by atoms with Gasteiger partial charge in [0.2, 0.25) is 11.7 Å². The first-order valence-corrected chi connectivity index (χ1v) is 8.64. The summed E-state index contributed by atoms with van der Waals surface area (Å²) in [7, 11) is 0. The van der Waals surface area contributed by atoms with Gasteiger partial charge >= 0.3 is 5.69 Å². The van der Waals surface area contributed by atoms with Gasteiger partial charge in [-0.2, -0.15) is 4.98 Å². The Bertz CT molecular complexity index is 917. The average molecular weight is 339 g/mol. The van der Waals surface area contributed by atoms with E-state index in [9.17, 15) is 4.79 Å². The quantitative estimate of drug-likeness (QED) is 0.744. The zero-order valence-corrected chi connectivity index (χ0v) is 14.2. The number of benzene rings is 1. The molecule has 1 unspecified atom stereocenters. The lowest BCUT2D eigenvalue weighted by molar-refractivity contribution is 0.369. The smallest absolute Gasteiger partial charge is 0.330 e. The fraction of sp³-hybridized carbons (Fsp3) is 0.389. The molecule has 0 radical (unpaired) electrons. The summed E-state index contributed by atoms with van der Waals surface area (Å²) in [4.78, 5) is 19.2. The number of rotatable bonds is 5. The summed E-state index contributed by atoms with van der Waals surface area (Å²) in [5.41, 5.74) is 2.30. The van der Waals surface area contributed by atoms with Crippen molar-refractivity contribution < 1.29 is 4.52 Å². The molecule has 7 heteroatoms. The molecule has 7 nitrogen and oxygen atoms in total. The SMILES string of the molecule is Cc1c[nH]c(=O)n1-c1cccc(-c2noc(CCC3CCCN3)n2)c1. The molecule has 0 aliphatic carbocycles. The second-order valence-corrected chi connectivity index (χ2v) is 6.46. The van der Waals surface area contributed by atoms with Crippen LogP contribution >= 0.6 is 0 Å². The molecule has 3 aromatic rings. The Labute approximate surface area is 145 Å². The molecule has 130 valence electrons. The third-order valence-corrected chi connectivity index (χ3v) is 4.66. The Kier molecular flexibility index (Phi) is 4.23. The van der Waals surface area contributed by atoms with Crippen molar-refractivity contribution in [3.05, 3.63) is 52.5 Å². The zero-order valence-electron chi connectivity index (χ0n) is 14.2. The number of nitrogens with one attached hydrogen (secondary N) is 2. The molecule has 1 saturated heterocycles. The molecular weight excluding hydrogens is 318 g/mol. The van der Waals surface area contributed by atoms with E-state index >= 15 is 0 Å². The van der Waals surface area contributed by atoms with E-state index in [1.165, 1.54) is 12.8 Å². The Balaban J connectivity index is 1.54. The van der Waals surface area contributed by atoms with Gasteiger partial charge in [0.1, 0.15) is 0 Å². The third kappa shape index (κ3) is 3.28. The van der Waals surface area contributed by atoms with E-state index in [2.05, 4.69) is 20.4 Å². The van der Waals surface area contributed by atoms with Crippen molar-refractivity contribution >= 4 is 0 Å². The van der Waals surface area contributed by atoms with Crippen LogP contribution in [-0.4, -0.2) is 32.3 Å². The molecule has 1 aromatic carbocycles. The Hall–Kier alpha value is -2.67. The molecule has 0 spiro atoms. The minimum absolute atomic E-state index is 0.160. The molecule has 2 N–H and O–H groups in total. The minimum Gasteiger partial charge on any atom is -0.339 e. The number of nitrogens with zero attached hydrogens (tertiary/aromatic N) is 3. The van der Waals surface area contributed by atoms with Gasteiger partial charge in [-0.1, -0.05) is 17.3 Å². The second kappa shape index (κ2) is 6.68. The topological polar surface area (TPSA) is 88.7 Å². The molecular formula is C18H21N5O2. The van der Waals surface area contributed by atoms with Gasteiger partial charge in [0.25, 0.3) is 0 Å². The second-order valence-electron chi connectivity index (χ2n) is 6.46. The summed E-state index contributed by atoms with van der Waals surface area (Å²) in [6.07, 6.45) is 5.94. The van der Waals surface area contributed by atoms with Gasteiger partial charge in [0.05, 0.1) is 5.69 Å². The number of H-pyrrole nitrogens is 1. The highest BCUT2D eigenvalue weighted by Crippen LogP contribution is 2.20.